The lowest BCUT2D eigenvalue weighted by Gasteiger charge is -2.19. The quantitative estimate of drug-likeness (QED) is 0.823. The van der Waals surface area contributed by atoms with Crippen molar-refractivity contribution in [3.8, 4) is 0 Å². The standard InChI is InChI=1S/C14H20FN/c1-16-11-13-6-4-5-12(9-13)10-14(15)7-2-3-8-14/h4-6,9,16H,2-3,7-8,10-11H2,1H3. The summed E-state index contributed by atoms with van der Waals surface area (Å²) in [7, 11) is 1.93. The van der Waals surface area contributed by atoms with Gasteiger partial charge in [0.15, 0.2) is 0 Å². The molecule has 1 saturated carbocycles. The maximum Gasteiger partial charge on any atom is 0.115 e. The van der Waals surface area contributed by atoms with Gasteiger partial charge >= 0.3 is 0 Å². The first-order chi connectivity index (χ1) is 7.72. The van der Waals surface area contributed by atoms with E-state index in [2.05, 4.69) is 17.4 Å². The zero-order chi connectivity index (χ0) is 11.4. The molecule has 1 aromatic rings. The van der Waals surface area contributed by atoms with Gasteiger partial charge in [-0.3, -0.25) is 0 Å². The van der Waals surface area contributed by atoms with E-state index in [-0.39, 0.29) is 0 Å². The van der Waals surface area contributed by atoms with Crippen molar-refractivity contribution in [1.82, 2.24) is 5.32 Å². The summed E-state index contributed by atoms with van der Waals surface area (Å²) in [6.07, 6.45) is 4.16. The highest BCUT2D eigenvalue weighted by atomic mass is 19.1. The molecule has 1 N–H and O–H groups in total. The van der Waals surface area contributed by atoms with Gasteiger partial charge in [-0.1, -0.05) is 37.1 Å². The van der Waals surface area contributed by atoms with Gasteiger partial charge in [-0.25, -0.2) is 4.39 Å². The molecule has 0 spiro atoms. The molecule has 1 aliphatic rings. The lowest BCUT2D eigenvalue weighted by Crippen LogP contribution is -2.21. The van der Waals surface area contributed by atoms with Crippen molar-refractivity contribution in [1.29, 1.82) is 0 Å². The van der Waals surface area contributed by atoms with Gasteiger partial charge in [0.25, 0.3) is 0 Å². The third kappa shape index (κ3) is 2.82. The molecule has 1 aromatic carbocycles. The smallest absolute Gasteiger partial charge is 0.115 e. The first-order valence-electron chi connectivity index (χ1n) is 6.13. The molecular formula is C14H20FN. The first-order valence-corrected chi connectivity index (χ1v) is 6.13. The number of nitrogens with one attached hydrogen (secondary N) is 1. The van der Waals surface area contributed by atoms with Crippen molar-refractivity contribution in [2.24, 2.45) is 0 Å². The van der Waals surface area contributed by atoms with E-state index in [9.17, 15) is 4.39 Å². The van der Waals surface area contributed by atoms with Crippen LogP contribution in [-0.2, 0) is 13.0 Å². The molecule has 0 unspecified atom stereocenters. The third-order valence-electron chi connectivity index (χ3n) is 3.39. The molecule has 2 heteroatoms. The number of halogens is 1. The van der Waals surface area contributed by atoms with Crippen molar-refractivity contribution >= 4 is 0 Å². The molecule has 0 atom stereocenters. The van der Waals surface area contributed by atoms with Crippen LogP contribution in [0.4, 0.5) is 4.39 Å². The maximum atomic E-state index is 14.3. The van der Waals surface area contributed by atoms with Crippen molar-refractivity contribution in [3.05, 3.63) is 35.4 Å². The van der Waals surface area contributed by atoms with Gasteiger partial charge in [-0.05, 0) is 31.0 Å². The van der Waals surface area contributed by atoms with Gasteiger partial charge in [0.1, 0.15) is 5.67 Å². The van der Waals surface area contributed by atoms with Crippen LogP contribution in [0.2, 0.25) is 0 Å². The molecule has 1 aliphatic carbocycles. The van der Waals surface area contributed by atoms with Crippen LogP contribution >= 0.6 is 0 Å². The Bertz CT molecular complexity index is 342. The normalized spacial score (nSPS) is 18.9. The molecular weight excluding hydrogens is 201 g/mol. The van der Waals surface area contributed by atoms with Crippen LogP contribution in [0.1, 0.15) is 36.8 Å². The molecule has 16 heavy (non-hydrogen) atoms. The molecule has 0 heterocycles. The van der Waals surface area contributed by atoms with Crippen molar-refractivity contribution in [2.75, 3.05) is 7.05 Å². The number of hydrogen-bond donors (Lipinski definition) is 1. The van der Waals surface area contributed by atoms with Gasteiger partial charge in [0.05, 0.1) is 0 Å². The molecule has 0 aromatic heterocycles. The predicted octanol–water partition coefficient (Wildman–Crippen LogP) is 3.23. The number of rotatable bonds is 4. The lowest BCUT2D eigenvalue weighted by atomic mass is 9.94. The molecule has 1 fully saturated rings. The minimum atomic E-state index is -0.932. The zero-order valence-electron chi connectivity index (χ0n) is 9.93. The Balaban J connectivity index is 2.05. The van der Waals surface area contributed by atoms with Gasteiger partial charge in [-0.15, -0.1) is 0 Å². The minimum Gasteiger partial charge on any atom is -0.316 e. The Kier molecular flexibility index (Phi) is 3.59. The summed E-state index contributed by atoms with van der Waals surface area (Å²) >= 11 is 0. The van der Waals surface area contributed by atoms with E-state index in [0.29, 0.717) is 6.42 Å². The molecule has 0 aliphatic heterocycles. The second-order valence-corrected chi connectivity index (χ2v) is 4.89. The van der Waals surface area contributed by atoms with E-state index in [1.807, 2.05) is 19.2 Å². The Labute approximate surface area is 97.1 Å². The van der Waals surface area contributed by atoms with Crippen molar-refractivity contribution in [2.45, 2.75) is 44.3 Å². The highest BCUT2D eigenvalue weighted by molar-refractivity contribution is 5.25. The second kappa shape index (κ2) is 4.96. The Hall–Kier alpha value is -0.890. The average molecular weight is 221 g/mol. The molecule has 0 radical (unpaired) electrons. The van der Waals surface area contributed by atoms with E-state index in [0.717, 1.165) is 37.8 Å². The number of benzene rings is 1. The molecule has 2 rings (SSSR count). The van der Waals surface area contributed by atoms with Gasteiger partial charge in [0, 0.05) is 13.0 Å². The fourth-order valence-electron chi connectivity index (χ4n) is 2.60. The third-order valence-corrected chi connectivity index (χ3v) is 3.39. The van der Waals surface area contributed by atoms with Crippen LogP contribution in [0.3, 0.4) is 0 Å². The van der Waals surface area contributed by atoms with E-state index >= 15 is 0 Å². The zero-order valence-corrected chi connectivity index (χ0v) is 9.93. The van der Waals surface area contributed by atoms with Gasteiger partial charge in [0.2, 0.25) is 0 Å². The first kappa shape index (κ1) is 11.6. The van der Waals surface area contributed by atoms with Crippen LogP contribution in [0, 0.1) is 0 Å². The number of hydrogen-bond acceptors (Lipinski definition) is 1. The lowest BCUT2D eigenvalue weighted by molar-refractivity contribution is 0.173. The SMILES string of the molecule is CNCc1cccc(CC2(F)CCCC2)c1. The summed E-state index contributed by atoms with van der Waals surface area (Å²) in [5, 5.41) is 3.12. The fraction of sp³-hybridized carbons (Fsp3) is 0.571. The maximum absolute atomic E-state index is 14.3. The van der Waals surface area contributed by atoms with Crippen molar-refractivity contribution in [3.63, 3.8) is 0 Å². The highest BCUT2D eigenvalue weighted by Gasteiger charge is 2.33. The minimum absolute atomic E-state index is 0.588. The molecule has 0 saturated heterocycles. The largest absolute Gasteiger partial charge is 0.316 e. The van der Waals surface area contributed by atoms with Crippen LogP contribution in [0.25, 0.3) is 0 Å². The van der Waals surface area contributed by atoms with E-state index in [1.165, 1.54) is 5.56 Å². The van der Waals surface area contributed by atoms with Crippen LogP contribution in [-0.4, -0.2) is 12.7 Å². The van der Waals surface area contributed by atoms with Crippen LogP contribution in [0.15, 0.2) is 24.3 Å². The topological polar surface area (TPSA) is 12.0 Å². The van der Waals surface area contributed by atoms with E-state index < -0.39 is 5.67 Å². The van der Waals surface area contributed by atoms with Gasteiger partial charge in [-0.2, -0.15) is 0 Å². The Morgan fingerprint density at radius 1 is 1.25 bits per heavy atom. The second-order valence-electron chi connectivity index (χ2n) is 4.89. The summed E-state index contributed by atoms with van der Waals surface area (Å²) in [6, 6.07) is 8.27. The van der Waals surface area contributed by atoms with E-state index in [1.54, 1.807) is 0 Å². The van der Waals surface area contributed by atoms with Crippen LogP contribution < -0.4 is 5.32 Å². The van der Waals surface area contributed by atoms with Gasteiger partial charge < -0.3 is 5.32 Å². The number of alkyl halides is 1. The molecule has 1 nitrogen and oxygen atoms in total. The Morgan fingerprint density at radius 3 is 2.62 bits per heavy atom. The predicted molar refractivity (Wildman–Crippen MR) is 65.2 cm³/mol. The fourth-order valence-corrected chi connectivity index (χ4v) is 2.60. The average Bonchev–Trinajstić information content (AvgIpc) is 2.66. The molecule has 0 amide bonds. The summed E-state index contributed by atoms with van der Waals surface area (Å²) < 4.78 is 14.3. The van der Waals surface area contributed by atoms with Crippen LogP contribution in [0.5, 0.6) is 0 Å². The summed E-state index contributed by atoms with van der Waals surface area (Å²) in [6.45, 7) is 0.854. The summed E-state index contributed by atoms with van der Waals surface area (Å²) in [5.74, 6) is 0. The molecule has 88 valence electrons. The molecule has 0 bridgehead atoms. The highest BCUT2D eigenvalue weighted by Crippen LogP contribution is 2.36. The summed E-state index contributed by atoms with van der Waals surface area (Å²) in [4.78, 5) is 0. The monoisotopic (exact) mass is 221 g/mol. The van der Waals surface area contributed by atoms with E-state index in [4.69, 9.17) is 0 Å². The summed E-state index contributed by atoms with van der Waals surface area (Å²) in [5.41, 5.74) is 1.44. The van der Waals surface area contributed by atoms with Crippen molar-refractivity contribution < 1.29 is 4.39 Å². The Morgan fingerprint density at radius 2 is 1.94 bits per heavy atom.